The quantitative estimate of drug-likeness (QED) is 0.571. The Hall–Kier alpha value is -3.15. The van der Waals surface area contributed by atoms with E-state index >= 15 is 0 Å². The Morgan fingerprint density at radius 2 is 2.09 bits per heavy atom. The maximum absolute atomic E-state index is 12.0. The van der Waals surface area contributed by atoms with E-state index in [0.29, 0.717) is 5.69 Å². The van der Waals surface area contributed by atoms with Crippen molar-refractivity contribution in [3.63, 3.8) is 0 Å². The van der Waals surface area contributed by atoms with Gasteiger partial charge in [-0.1, -0.05) is 30.3 Å². The largest absolute Gasteiger partial charge is 0.350 e. The van der Waals surface area contributed by atoms with E-state index in [1.807, 2.05) is 60.3 Å². The minimum absolute atomic E-state index is 0.333. The summed E-state index contributed by atoms with van der Waals surface area (Å²) in [6, 6.07) is 15.2. The van der Waals surface area contributed by atoms with Gasteiger partial charge >= 0.3 is 0 Å². The Morgan fingerprint density at radius 1 is 1.27 bits per heavy atom. The van der Waals surface area contributed by atoms with Crippen molar-refractivity contribution >= 4 is 12.1 Å². The molecule has 3 rings (SSSR count). The molecule has 0 saturated carbocycles. The molecule has 6 nitrogen and oxygen atoms in total. The summed E-state index contributed by atoms with van der Waals surface area (Å²) in [6.07, 6.45) is 3.50. The van der Waals surface area contributed by atoms with E-state index < -0.39 is 0 Å². The average Bonchev–Trinajstić information content (AvgIpc) is 3.18. The van der Waals surface area contributed by atoms with Crippen molar-refractivity contribution in [2.24, 2.45) is 12.1 Å². The second-order valence-electron chi connectivity index (χ2n) is 4.78. The third-order valence-corrected chi connectivity index (χ3v) is 3.24. The van der Waals surface area contributed by atoms with Crippen LogP contribution in [0.5, 0.6) is 0 Å². The van der Waals surface area contributed by atoms with Crippen molar-refractivity contribution in [1.29, 1.82) is 0 Å². The first-order chi connectivity index (χ1) is 10.7. The standard InChI is InChI=1S/C16H15N5O/c1-21-9-5-8-13(21)11-17-20-16(22)15-10-14(18-19-15)12-6-3-2-4-7-12/h2-11H,1H3,(H,18,19)(H,20,22). The maximum Gasteiger partial charge on any atom is 0.289 e. The molecule has 0 atom stereocenters. The number of carbonyl (C=O) groups is 1. The minimum atomic E-state index is -0.333. The van der Waals surface area contributed by atoms with E-state index in [1.54, 1.807) is 12.3 Å². The second kappa shape index (κ2) is 6.09. The Morgan fingerprint density at radius 3 is 2.82 bits per heavy atom. The lowest BCUT2D eigenvalue weighted by Crippen LogP contribution is -2.18. The molecule has 3 aromatic rings. The average molecular weight is 293 g/mol. The van der Waals surface area contributed by atoms with Crippen molar-refractivity contribution in [2.75, 3.05) is 0 Å². The van der Waals surface area contributed by atoms with Gasteiger partial charge in [-0.25, -0.2) is 5.43 Å². The van der Waals surface area contributed by atoms with E-state index in [2.05, 4.69) is 20.7 Å². The van der Waals surface area contributed by atoms with Crippen LogP contribution < -0.4 is 5.43 Å². The van der Waals surface area contributed by atoms with Crippen LogP contribution in [0.4, 0.5) is 0 Å². The van der Waals surface area contributed by atoms with Crippen molar-refractivity contribution in [3.8, 4) is 11.3 Å². The fourth-order valence-corrected chi connectivity index (χ4v) is 2.02. The summed E-state index contributed by atoms with van der Waals surface area (Å²) in [5.41, 5.74) is 5.41. The molecule has 110 valence electrons. The molecular formula is C16H15N5O. The summed E-state index contributed by atoms with van der Waals surface area (Å²) in [4.78, 5) is 12.0. The summed E-state index contributed by atoms with van der Waals surface area (Å²) in [6.45, 7) is 0. The number of nitrogens with zero attached hydrogens (tertiary/aromatic N) is 3. The van der Waals surface area contributed by atoms with Crippen molar-refractivity contribution < 1.29 is 4.79 Å². The van der Waals surface area contributed by atoms with Gasteiger partial charge in [0.25, 0.3) is 5.91 Å². The van der Waals surface area contributed by atoms with Gasteiger partial charge in [0.1, 0.15) is 5.69 Å². The fourth-order valence-electron chi connectivity index (χ4n) is 2.02. The van der Waals surface area contributed by atoms with Crippen LogP contribution in [0.1, 0.15) is 16.2 Å². The number of aromatic nitrogens is 3. The van der Waals surface area contributed by atoms with Gasteiger partial charge < -0.3 is 4.57 Å². The summed E-state index contributed by atoms with van der Waals surface area (Å²) >= 11 is 0. The number of hydrazone groups is 1. The molecule has 0 saturated heterocycles. The number of hydrogen-bond donors (Lipinski definition) is 2. The van der Waals surface area contributed by atoms with E-state index in [0.717, 1.165) is 17.0 Å². The summed E-state index contributed by atoms with van der Waals surface area (Å²) < 4.78 is 1.90. The van der Waals surface area contributed by atoms with Gasteiger partial charge in [0.05, 0.1) is 17.6 Å². The summed E-state index contributed by atoms with van der Waals surface area (Å²) in [7, 11) is 1.91. The van der Waals surface area contributed by atoms with Crippen LogP contribution >= 0.6 is 0 Å². The maximum atomic E-state index is 12.0. The number of aryl methyl sites for hydroxylation is 1. The highest BCUT2D eigenvalue weighted by molar-refractivity contribution is 5.94. The Balaban J connectivity index is 1.67. The molecule has 0 fully saturated rings. The van der Waals surface area contributed by atoms with Crippen LogP contribution in [0, 0.1) is 0 Å². The topological polar surface area (TPSA) is 75.1 Å². The van der Waals surface area contributed by atoms with E-state index in [4.69, 9.17) is 0 Å². The number of H-pyrrole nitrogens is 1. The normalized spacial score (nSPS) is 11.0. The third kappa shape index (κ3) is 2.95. The first kappa shape index (κ1) is 13.8. The highest BCUT2D eigenvalue weighted by atomic mass is 16.2. The van der Waals surface area contributed by atoms with Crippen LogP contribution in [0.2, 0.25) is 0 Å². The lowest BCUT2D eigenvalue weighted by atomic mass is 10.1. The van der Waals surface area contributed by atoms with Crippen LogP contribution in [0.25, 0.3) is 11.3 Å². The molecule has 2 N–H and O–H groups in total. The van der Waals surface area contributed by atoms with Gasteiger partial charge in [0, 0.05) is 18.8 Å². The number of benzene rings is 1. The SMILES string of the molecule is Cn1cccc1C=NNC(=O)c1cc(-c2ccccc2)n[nH]1. The first-order valence-corrected chi connectivity index (χ1v) is 6.79. The van der Waals surface area contributed by atoms with Gasteiger partial charge in [0.15, 0.2) is 0 Å². The zero-order valence-corrected chi connectivity index (χ0v) is 12.0. The van der Waals surface area contributed by atoms with E-state index in [9.17, 15) is 4.79 Å². The monoisotopic (exact) mass is 293 g/mol. The highest BCUT2D eigenvalue weighted by Crippen LogP contribution is 2.16. The lowest BCUT2D eigenvalue weighted by Gasteiger charge is -1.97. The lowest BCUT2D eigenvalue weighted by molar-refractivity contribution is 0.0950. The summed E-state index contributed by atoms with van der Waals surface area (Å²) in [5.74, 6) is -0.333. The summed E-state index contributed by atoms with van der Waals surface area (Å²) in [5, 5.41) is 10.8. The van der Waals surface area contributed by atoms with Crippen LogP contribution in [-0.2, 0) is 7.05 Å². The molecule has 22 heavy (non-hydrogen) atoms. The minimum Gasteiger partial charge on any atom is -0.350 e. The van der Waals surface area contributed by atoms with Crippen LogP contribution in [0.3, 0.4) is 0 Å². The highest BCUT2D eigenvalue weighted by Gasteiger charge is 2.09. The zero-order chi connectivity index (χ0) is 15.4. The molecule has 0 aliphatic carbocycles. The molecule has 6 heteroatoms. The molecule has 2 heterocycles. The van der Waals surface area contributed by atoms with Crippen molar-refractivity contribution in [1.82, 2.24) is 20.2 Å². The number of hydrogen-bond acceptors (Lipinski definition) is 3. The molecule has 1 aromatic carbocycles. The molecule has 2 aromatic heterocycles. The predicted molar refractivity (Wildman–Crippen MR) is 84.5 cm³/mol. The smallest absolute Gasteiger partial charge is 0.289 e. The molecule has 0 radical (unpaired) electrons. The Bertz CT molecular complexity index is 801. The Kier molecular flexibility index (Phi) is 3.82. The van der Waals surface area contributed by atoms with E-state index in [1.165, 1.54) is 0 Å². The van der Waals surface area contributed by atoms with Crippen molar-refractivity contribution in [3.05, 3.63) is 66.1 Å². The van der Waals surface area contributed by atoms with Gasteiger partial charge in [0.2, 0.25) is 0 Å². The molecule has 1 amide bonds. The molecule has 0 aliphatic heterocycles. The van der Waals surface area contributed by atoms with E-state index in [-0.39, 0.29) is 5.91 Å². The van der Waals surface area contributed by atoms with Gasteiger partial charge in [-0.3, -0.25) is 9.89 Å². The molecule has 0 unspecified atom stereocenters. The van der Waals surface area contributed by atoms with Gasteiger partial charge in [-0.05, 0) is 18.2 Å². The van der Waals surface area contributed by atoms with Gasteiger partial charge in [-0.2, -0.15) is 10.2 Å². The number of aromatic amines is 1. The van der Waals surface area contributed by atoms with Crippen LogP contribution in [0.15, 0.2) is 59.8 Å². The number of amides is 1. The zero-order valence-electron chi connectivity index (χ0n) is 12.0. The second-order valence-corrected chi connectivity index (χ2v) is 4.78. The van der Waals surface area contributed by atoms with Crippen LogP contribution in [-0.4, -0.2) is 26.9 Å². The number of rotatable bonds is 4. The van der Waals surface area contributed by atoms with Crippen molar-refractivity contribution in [2.45, 2.75) is 0 Å². The number of carbonyl (C=O) groups excluding carboxylic acids is 1. The molecule has 0 spiro atoms. The fraction of sp³-hybridized carbons (Fsp3) is 0.0625. The van der Waals surface area contributed by atoms with Gasteiger partial charge in [-0.15, -0.1) is 0 Å². The molecule has 0 bridgehead atoms. The third-order valence-electron chi connectivity index (χ3n) is 3.24. The predicted octanol–water partition coefficient (Wildman–Crippen LogP) is 2.18. The molecular weight excluding hydrogens is 278 g/mol. The first-order valence-electron chi connectivity index (χ1n) is 6.79. The number of nitrogens with one attached hydrogen (secondary N) is 2. The Labute approximate surface area is 127 Å². The molecule has 0 aliphatic rings.